The molecule has 140 valence electrons. The van der Waals surface area contributed by atoms with Crippen molar-refractivity contribution in [1.29, 1.82) is 0 Å². The number of carbonyl (C=O) groups excluding carboxylic acids is 3. The molecule has 8 nitrogen and oxygen atoms in total. The van der Waals surface area contributed by atoms with Crippen molar-refractivity contribution in [2.45, 2.75) is 31.3 Å². The molecule has 0 unspecified atom stereocenters. The van der Waals surface area contributed by atoms with E-state index in [1.807, 2.05) is 0 Å². The average molecular weight is 360 g/mol. The first-order valence-electron chi connectivity index (χ1n) is 8.60. The zero-order valence-electron chi connectivity index (χ0n) is 15.2. The van der Waals surface area contributed by atoms with Crippen LogP contribution in [0.1, 0.15) is 25.3 Å². The lowest BCUT2D eigenvalue weighted by atomic mass is 9.92. The third kappa shape index (κ3) is 3.65. The summed E-state index contributed by atoms with van der Waals surface area (Å²) in [6.07, 6.45) is 2.03. The summed E-state index contributed by atoms with van der Waals surface area (Å²) in [4.78, 5) is 40.0. The number of urea groups is 1. The first-order chi connectivity index (χ1) is 12.3. The van der Waals surface area contributed by atoms with Gasteiger partial charge in [0.15, 0.2) is 0 Å². The monoisotopic (exact) mass is 360 g/mol. The molecule has 1 atom stereocenters. The molecule has 1 aliphatic heterocycles. The molecular weight excluding hydrogens is 336 g/mol. The number of amides is 4. The highest BCUT2D eigenvalue weighted by Gasteiger charge is 2.49. The van der Waals surface area contributed by atoms with Gasteiger partial charge in [-0.05, 0) is 44.5 Å². The number of hydrogen-bond acceptors (Lipinski definition) is 5. The number of rotatable bonds is 7. The first kappa shape index (κ1) is 18.2. The quantitative estimate of drug-likeness (QED) is 0.696. The number of benzene rings is 1. The number of hydrogen-bond donors (Lipinski definition) is 2. The second-order valence-corrected chi connectivity index (χ2v) is 7.02. The van der Waals surface area contributed by atoms with Crippen LogP contribution in [0.4, 0.5) is 4.79 Å². The van der Waals surface area contributed by atoms with Crippen molar-refractivity contribution in [1.82, 2.24) is 20.4 Å². The third-order valence-corrected chi connectivity index (χ3v) is 4.66. The maximum atomic E-state index is 12.9. The summed E-state index contributed by atoms with van der Waals surface area (Å²) in [6, 6.07) is 6.86. The van der Waals surface area contributed by atoms with Gasteiger partial charge >= 0.3 is 6.03 Å². The van der Waals surface area contributed by atoms with E-state index in [-0.39, 0.29) is 31.1 Å². The van der Waals surface area contributed by atoms with Crippen LogP contribution in [0, 0.1) is 0 Å². The van der Waals surface area contributed by atoms with Gasteiger partial charge in [0, 0.05) is 6.04 Å². The van der Waals surface area contributed by atoms with Gasteiger partial charge in [0.1, 0.15) is 11.3 Å². The van der Waals surface area contributed by atoms with E-state index in [4.69, 9.17) is 4.74 Å². The van der Waals surface area contributed by atoms with Gasteiger partial charge in [0.25, 0.3) is 5.91 Å². The standard InChI is InChI=1S/C18H24N4O4/c1-18(12-5-4-6-14(9-12)26-3)16(24)22(17(25)20-18)11-21(2)10-15(23)19-13-7-8-13/h4-6,9,13H,7-8,10-11H2,1-3H3,(H,19,23)(H,20,25)/t18-/m1/s1. The van der Waals surface area contributed by atoms with E-state index < -0.39 is 11.6 Å². The molecular formula is C18H24N4O4. The minimum atomic E-state index is -1.16. The van der Waals surface area contributed by atoms with Crippen LogP contribution in [0.2, 0.25) is 0 Å². The summed E-state index contributed by atoms with van der Waals surface area (Å²) in [5.74, 6) is 0.154. The molecule has 2 N–H and O–H groups in total. The summed E-state index contributed by atoms with van der Waals surface area (Å²) in [5.41, 5.74) is -0.519. The highest BCUT2D eigenvalue weighted by Crippen LogP contribution is 2.30. The molecule has 1 saturated heterocycles. The van der Waals surface area contributed by atoms with Gasteiger partial charge < -0.3 is 15.4 Å². The van der Waals surface area contributed by atoms with Crippen LogP contribution >= 0.6 is 0 Å². The minimum absolute atomic E-state index is 0.0440. The minimum Gasteiger partial charge on any atom is -0.497 e. The highest BCUT2D eigenvalue weighted by molar-refractivity contribution is 6.07. The lowest BCUT2D eigenvalue weighted by Crippen LogP contribution is -2.45. The van der Waals surface area contributed by atoms with Crippen molar-refractivity contribution < 1.29 is 19.1 Å². The molecule has 1 aromatic carbocycles. The lowest BCUT2D eigenvalue weighted by Gasteiger charge is -2.24. The molecule has 1 heterocycles. The summed E-state index contributed by atoms with van der Waals surface area (Å²) < 4.78 is 5.20. The maximum Gasteiger partial charge on any atom is 0.326 e. The Balaban J connectivity index is 1.68. The van der Waals surface area contributed by atoms with Crippen LogP contribution in [0.15, 0.2) is 24.3 Å². The summed E-state index contributed by atoms with van der Waals surface area (Å²) in [5, 5.41) is 5.64. The highest BCUT2D eigenvalue weighted by atomic mass is 16.5. The molecule has 1 saturated carbocycles. The Kier molecular flexibility index (Phi) is 4.86. The van der Waals surface area contributed by atoms with Crippen LogP contribution in [-0.2, 0) is 15.1 Å². The Morgan fingerprint density at radius 3 is 2.81 bits per heavy atom. The second-order valence-electron chi connectivity index (χ2n) is 7.02. The van der Waals surface area contributed by atoms with Crippen LogP contribution < -0.4 is 15.4 Å². The van der Waals surface area contributed by atoms with Crippen LogP contribution in [0.25, 0.3) is 0 Å². The van der Waals surface area contributed by atoms with Crippen molar-refractivity contribution in [3.8, 4) is 5.75 Å². The van der Waals surface area contributed by atoms with Crippen molar-refractivity contribution in [2.75, 3.05) is 27.4 Å². The van der Waals surface area contributed by atoms with Crippen molar-refractivity contribution >= 4 is 17.8 Å². The molecule has 2 fully saturated rings. The zero-order chi connectivity index (χ0) is 18.9. The first-order valence-corrected chi connectivity index (χ1v) is 8.60. The van der Waals surface area contributed by atoms with Gasteiger partial charge in [-0.1, -0.05) is 12.1 Å². The van der Waals surface area contributed by atoms with Gasteiger partial charge in [-0.15, -0.1) is 0 Å². The van der Waals surface area contributed by atoms with E-state index in [1.54, 1.807) is 50.2 Å². The Morgan fingerprint density at radius 1 is 1.42 bits per heavy atom. The van der Waals surface area contributed by atoms with Crippen molar-refractivity contribution in [3.05, 3.63) is 29.8 Å². The number of imide groups is 1. The molecule has 26 heavy (non-hydrogen) atoms. The molecule has 4 amide bonds. The average Bonchev–Trinajstić information content (AvgIpc) is 3.38. The van der Waals surface area contributed by atoms with Crippen LogP contribution in [-0.4, -0.2) is 61.1 Å². The molecule has 0 spiro atoms. The summed E-state index contributed by atoms with van der Waals surface area (Å²) in [7, 11) is 3.25. The predicted octanol–water partition coefficient (Wildman–Crippen LogP) is 0.630. The molecule has 0 bridgehead atoms. The SMILES string of the molecule is COc1cccc([C@@]2(C)NC(=O)N(CN(C)CC(=O)NC3CC3)C2=O)c1. The number of likely N-dealkylation sites (N-methyl/N-ethyl adjacent to an activating group) is 1. The topological polar surface area (TPSA) is 91.0 Å². The summed E-state index contributed by atoms with van der Waals surface area (Å²) >= 11 is 0. The van der Waals surface area contributed by atoms with E-state index >= 15 is 0 Å². The van der Waals surface area contributed by atoms with Gasteiger partial charge in [0.2, 0.25) is 5.91 Å². The number of nitrogens with one attached hydrogen (secondary N) is 2. The van der Waals surface area contributed by atoms with E-state index in [1.165, 1.54) is 0 Å². The molecule has 1 aliphatic carbocycles. The molecule has 2 aliphatic rings. The van der Waals surface area contributed by atoms with Gasteiger partial charge in [-0.3, -0.25) is 14.5 Å². The van der Waals surface area contributed by atoms with E-state index in [2.05, 4.69) is 10.6 Å². The van der Waals surface area contributed by atoms with Gasteiger partial charge in [-0.2, -0.15) is 0 Å². The van der Waals surface area contributed by atoms with E-state index in [9.17, 15) is 14.4 Å². The van der Waals surface area contributed by atoms with Gasteiger partial charge in [-0.25, -0.2) is 9.69 Å². The third-order valence-electron chi connectivity index (χ3n) is 4.66. The number of carbonyl (C=O) groups is 3. The second kappa shape index (κ2) is 6.95. The normalized spacial score (nSPS) is 22.5. The number of methoxy groups -OCH3 is 1. The fourth-order valence-corrected chi connectivity index (χ4v) is 2.99. The maximum absolute atomic E-state index is 12.9. The Bertz CT molecular complexity index is 734. The van der Waals surface area contributed by atoms with E-state index in [0.717, 1.165) is 17.7 Å². The summed E-state index contributed by atoms with van der Waals surface area (Å²) in [6.45, 7) is 1.84. The fraction of sp³-hybridized carbons (Fsp3) is 0.500. The molecule has 0 radical (unpaired) electrons. The Morgan fingerprint density at radius 2 is 2.15 bits per heavy atom. The number of nitrogens with zero attached hydrogens (tertiary/aromatic N) is 2. The van der Waals surface area contributed by atoms with Gasteiger partial charge in [0.05, 0.1) is 20.3 Å². The van der Waals surface area contributed by atoms with Crippen LogP contribution in [0.5, 0.6) is 5.75 Å². The zero-order valence-corrected chi connectivity index (χ0v) is 15.2. The molecule has 0 aromatic heterocycles. The smallest absolute Gasteiger partial charge is 0.326 e. The van der Waals surface area contributed by atoms with Crippen LogP contribution in [0.3, 0.4) is 0 Å². The fourth-order valence-electron chi connectivity index (χ4n) is 2.99. The largest absolute Gasteiger partial charge is 0.497 e. The number of ether oxygens (including phenoxy) is 1. The lowest BCUT2D eigenvalue weighted by molar-refractivity contribution is -0.133. The predicted molar refractivity (Wildman–Crippen MR) is 94.4 cm³/mol. The molecule has 1 aromatic rings. The molecule has 8 heteroatoms. The van der Waals surface area contributed by atoms with E-state index in [0.29, 0.717) is 11.3 Å². The Hall–Kier alpha value is -2.61. The molecule has 3 rings (SSSR count). The van der Waals surface area contributed by atoms with Crippen molar-refractivity contribution in [2.24, 2.45) is 0 Å². The Labute approximate surface area is 152 Å². The van der Waals surface area contributed by atoms with Crippen molar-refractivity contribution in [3.63, 3.8) is 0 Å².